The molecule has 0 aromatic heterocycles. The van der Waals surface area contributed by atoms with Crippen molar-refractivity contribution in [1.82, 2.24) is 10.6 Å². The molecule has 4 nitrogen and oxygen atoms in total. The van der Waals surface area contributed by atoms with Crippen LogP contribution in [0.4, 0.5) is 0 Å². The van der Waals surface area contributed by atoms with Crippen LogP contribution in [0, 0.1) is 0 Å². The zero-order valence-corrected chi connectivity index (χ0v) is 16.9. The molecule has 1 heterocycles. The monoisotopic (exact) mass is 388 g/mol. The van der Waals surface area contributed by atoms with Crippen LogP contribution in [0.15, 0.2) is 54.6 Å². The van der Waals surface area contributed by atoms with Crippen LogP contribution in [0.1, 0.15) is 42.6 Å². The average molecular weight is 389 g/mol. The van der Waals surface area contributed by atoms with Gasteiger partial charge in [-0.05, 0) is 63.5 Å². The van der Waals surface area contributed by atoms with E-state index in [1.165, 1.54) is 5.56 Å². The van der Waals surface area contributed by atoms with E-state index in [4.69, 9.17) is 4.74 Å². The van der Waals surface area contributed by atoms with Crippen LogP contribution >= 0.6 is 12.4 Å². The van der Waals surface area contributed by atoms with Gasteiger partial charge in [0.15, 0.2) is 0 Å². The normalized spacial score (nSPS) is 15.7. The number of hydrogen-bond donors (Lipinski definition) is 2. The van der Waals surface area contributed by atoms with Crippen LogP contribution in [0.5, 0.6) is 5.75 Å². The second-order valence-corrected chi connectivity index (χ2v) is 7.27. The highest BCUT2D eigenvalue weighted by Gasteiger charge is 2.34. The molecule has 1 amide bonds. The lowest BCUT2D eigenvalue weighted by atomic mass is 9.73. The van der Waals surface area contributed by atoms with Crippen LogP contribution < -0.4 is 15.4 Å². The van der Waals surface area contributed by atoms with Crippen molar-refractivity contribution in [2.45, 2.75) is 38.2 Å². The van der Waals surface area contributed by atoms with Crippen molar-refractivity contribution < 1.29 is 9.53 Å². The van der Waals surface area contributed by atoms with E-state index in [9.17, 15) is 4.79 Å². The summed E-state index contributed by atoms with van der Waals surface area (Å²) in [7, 11) is 0. The molecule has 0 spiro atoms. The first-order chi connectivity index (χ1) is 12.6. The van der Waals surface area contributed by atoms with Crippen molar-refractivity contribution in [2.75, 3.05) is 19.6 Å². The second kappa shape index (κ2) is 9.77. The molecular weight excluding hydrogens is 360 g/mol. The Morgan fingerprint density at radius 1 is 1.11 bits per heavy atom. The molecule has 0 aliphatic carbocycles. The van der Waals surface area contributed by atoms with Gasteiger partial charge in [0.05, 0.1) is 6.10 Å². The maximum absolute atomic E-state index is 12.7. The largest absolute Gasteiger partial charge is 0.491 e. The SMILES string of the molecule is CC(C)Oc1cccc(C(=O)NCC2(c3ccccc3)CCNCC2)c1.Cl. The molecule has 27 heavy (non-hydrogen) atoms. The van der Waals surface area contributed by atoms with Gasteiger partial charge in [0.1, 0.15) is 5.75 Å². The van der Waals surface area contributed by atoms with E-state index in [0.717, 1.165) is 31.7 Å². The summed E-state index contributed by atoms with van der Waals surface area (Å²) in [6.07, 6.45) is 2.13. The Kier molecular flexibility index (Phi) is 7.69. The molecule has 1 aliphatic rings. The molecule has 2 N–H and O–H groups in total. The van der Waals surface area contributed by atoms with E-state index in [0.29, 0.717) is 12.1 Å². The molecule has 5 heteroatoms. The highest BCUT2D eigenvalue weighted by Crippen LogP contribution is 2.32. The van der Waals surface area contributed by atoms with E-state index in [-0.39, 0.29) is 29.8 Å². The Morgan fingerprint density at radius 2 is 1.81 bits per heavy atom. The summed E-state index contributed by atoms with van der Waals surface area (Å²) in [4.78, 5) is 12.7. The summed E-state index contributed by atoms with van der Waals surface area (Å²) in [5.74, 6) is 0.681. The highest BCUT2D eigenvalue weighted by molar-refractivity contribution is 5.94. The van der Waals surface area contributed by atoms with E-state index in [1.807, 2.05) is 44.2 Å². The number of piperidine rings is 1. The van der Waals surface area contributed by atoms with Gasteiger partial charge in [-0.15, -0.1) is 12.4 Å². The molecule has 0 saturated carbocycles. The van der Waals surface area contributed by atoms with Gasteiger partial charge in [-0.25, -0.2) is 0 Å². The summed E-state index contributed by atoms with van der Waals surface area (Å²) >= 11 is 0. The Hall–Kier alpha value is -2.04. The van der Waals surface area contributed by atoms with Crippen molar-refractivity contribution in [3.63, 3.8) is 0 Å². The summed E-state index contributed by atoms with van der Waals surface area (Å²) in [6.45, 7) is 6.55. The molecule has 2 aromatic rings. The van der Waals surface area contributed by atoms with Crippen molar-refractivity contribution in [2.24, 2.45) is 0 Å². The topological polar surface area (TPSA) is 50.4 Å². The molecule has 2 aromatic carbocycles. The number of hydrogen-bond acceptors (Lipinski definition) is 3. The lowest BCUT2D eigenvalue weighted by Crippen LogP contribution is -2.47. The van der Waals surface area contributed by atoms with Gasteiger partial charge in [0.25, 0.3) is 5.91 Å². The molecule has 1 saturated heterocycles. The number of carbonyl (C=O) groups excluding carboxylic acids is 1. The van der Waals surface area contributed by atoms with E-state index < -0.39 is 0 Å². The van der Waals surface area contributed by atoms with Gasteiger partial charge in [-0.1, -0.05) is 36.4 Å². The van der Waals surface area contributed by atoms with Crippen LogP contribution in [0.25, 0.3) is 0 Å². The van der Waals surface area contributed by atoms with E-state index in [2.05, 4.69) is 34.9 Å². The maximum atomic E-state index is 12.7. The molecule has 0 atom stereocenters. The lowest BCUT2D eigenvalue weighted by molar-refractivity contribution is 0.0937. The van der Waals surface area contributed by atoms with Crippen LogP contribution in [-0.2, 0) is 5.41 Å². The first kappa shape index (κ1) is 21.3. The van der Waals surface area contributed by atoms with Crippen LogP contribution in [0.2, 0.25) is 0 Å². The number of halogens is 1. The molecular formula is C22H29ClN2O2. The number of benzene rings is 2. The predicted molar refractivity (Wildman–Crippen MR) is 112 cm³/mol. The summed E-state index contributed by atoms with van der Waals surface area (Å²) in [5, 5.41) is 6.59. The third-order valence-corrected chi connectivity index (χ3v) is 5.00. The quantitative estimate of drug-likeness (QED) is 0.787. The Balaban J connectivity index is 0.00000261. The second-order valence-electron chi connectivity index (χ2n) is 7.27. The lowest BCUT2D eigenvalue weighted by Gasteiger charge is -2.38. The fourth-order valence-corrected chi connectivity index (χ4v) is 3.60. The van der Waals surface area contributed by atoms with Gasteiger partial charge in [0, 0.05) is 17.5 Å². The maximum Gasteiger partial charge on any atom is 0.251 e. The summed E-state index contributed by atoms with van der Waals surface area (Å²) in [5.41, 5.74) is 1.94. The van der Waals surface area contributed by atoms with Crippen LogP contribution in [0.3, 0.4) is 0 Å². The van der Waals surface area contributed by atoms with Crippen molar-refractivity contribution >= 4 is 18.3 Å². The minimum absolute atomic E-state index is 0. The molecule has 0 unspecified atom stereocenters. The number of rotatable bonds is 6. The number of ether oxygens (including phenoxy) is 1. The minimum Gasteiger partial charge on any atom is -0.491 e. The summed E-state index contributed by atoms with van der Waals surface area (Å²) < 4.78 is 5.70. The standard InChI is InChI=1S/C22H28N2O2.ClH/c1-17(2)26-20-10-6-7-18(15-20)21(25)24-16-22(11-13-23-14-12-22)19-8-4-3-5-9-19;/h3-10,15,17,23H,11-14,16H2,1-2H3,(H,24,25);1H. The zero-order valence-electron chi connectivity index (χ0n) is 16.0. The van der Waals surface area contributed by atoms with Gasteiger partial charge in [-0.3, -0.25) is 4.79 Å². The number of carbonyl (C=O) groups is 1. The van der Waals surface area contributed by atoms with Crippen LogP contribution in [-0.4, -0.2) is 31.6 Å². The average Bonchev–Trinajstić information content (AvgIpc) is 2.67. The summed E-state index contributed by atoms with van der Waals surface area (Å²) in [6, 6.07) is 17.9. The molecule has 0 bridgehead atoms. The molecule has 1 aliphatic heterocycles. The molecule has 3 rings (SSSR count). The fourth-order valence-electron chi connectivity index (χ4n) is 3.60. The van der Waals surface area contributed by atoms with Crippen molar-refractivity contribution in [3.05, 3.63) is 65.7 Å². The van der Waals surface area contributed by atoms with Crippen molar-refractivity contribution in [3.8, 4) is 5.75 Å². The number of amides is 1. The third kappa shape index (κ3) is 5.47. The minimum atomic E-state index is -0.0481. The molecule has 1 fully saturated rings. The third-order valence-electron chi connectivity index (χ3n) is 5.00. The number of nitrogens with one attached hydrogen (secondary N) is 2. The van der Waals surface area contributed by atoms with Gasteiger partial charge in [-0.2, -0.15) is 0 Å². The van der Waals surface area contributed by atoms with Gasteiger partial charge < -0.3 is 15.4 Å². The molecule has 0 radical (unpaired) electrons. The zero-order chi connectivity index (χ0) is 18.4. The Labute approximate surface area is 168 Å². The first-order valence-electron chi connectivity index (χ1n) is 9.40. The van der Waals surface area contributed by atoms with E-state index >= 15 is 0 Å². The predicted octanol–water partition coefficient (Wildman–Crippen LogP) is 3.95. The molecule has 146 valence electrons. The highest BCUT2D eigenvalue weighted by atomic mass is 35.5. The van der Waals surface area contributed by atoms with Gasteiger partial charge in [0.2, 0.25) is 0 Å². The van der Waals surface area contributed by atoms with Crippen molar-refractivity contribution in [1.29, 1.82) is 0 Å². The smallest absolute Gasteiger partial charge is 0.251 e. The Bertz CT molecular complexity index is 728. The first-order valence-corrected chi connectivity index (χ1v) is 9.40. The Morgan fingerprint density at radius 3 is 2.48 bits per heavy atom. The van der Waals surface area contributed by atoms with E-state index in [1.54, 1.807) is 0 Å². The fraction of sp³-hybridized carbons (Fsp3) is 0.409. The van der Waals surface area contributed by atoms with Gasteiger partial charge >= 0.3 is 0 Å².